The SMILES string of the molecule is COc1cc(/C=C2\SC(=S)N(c3cccc(Cl)c3)C2=O)cc(Br)c1OCc1ccc(C#N)cc1. The van der Waals surface area contributed by atoms with Gasteiger partial charge < -0.3 is 9.47 Å². The molecular formula is C25H16BrClN2O3S2. The minimum absolute atomic E-state index is 0.214. The zero-order valence-corrected chi connectivity index (χ0v) is 21.7. The first-order valence-electron chi connectivity index (χ1n) is 9.92. The maximum Gasteiger partial charge on any atom is 0.270 e. The molecule has 3 aromatic carbocycles. The van der Waals surface area contributed by atoms with E-state index in [1.165, 1.54) is 16.7 Å². The normalized spacial score (nSPS) is 14.4. The van der Waals surface area contributed by atoms with Gasteiger partial charge in [-0.1, -0.05) is 53.8 Å². The van der Waals surface area contributed by atoms with Crippen molar-refractivity contribution in [3.63, 3.8) is 0 Å². The lowest BCUT2D eigenvalue weighted by molar-refractivity contribution is -0.113. The minimum atomic E-state index is -0.214. The number of amides is 1. The maximum absolute atomic E-state index is 13.1. The quantitative estimate of drug-likeness (QED) is 0.235. The summed E-state index contributed by atoms with van der Waals surface area (Å²) >= 11 is 16.3. The van der Waals surface area contributed by atoms with E-state index < -0.39 is 0 Å². The number of hydrogen-bond donors (Lipinski definition) is 0. The van der Waals surface area contributed by atoms with Crippen LogP contribution in [0.4, 0.5) is 5.69 Å². The molecule has 0 bridgehead atoms. The van der Waals surface area contributed by atoms with Crippen LogP contribution in [0, 0.1) is 11.3 Å². The zero-order chi connectivity index (χ0) is 24.2. The van der Waals surface area contributed by atoms with Gasteiger partial charge in [-0.25, -0.2) is 0 Å². The van der Waals surface area contributed by atoms with Gasteiger partial charge in [0.1, 0.15) is 6.61 Å². The Morgan fingerprint density at radius 2 is 1.97 bits per heavy atom. The number of anilines is 1. The van der Waals surface area contributed by atoms with Crippen molar-refractivity contribution < 1.29 is 14.3 Å². The van der Waals surface area contributed by atoms with Crippen molar-refractivity contribution in [2.45, 2.75) is 6.61 Å². The number of carbonyl (C=O) groups excluding carboxylic acids is 1. The molecule has 0 spiro atoms. The Bertz CT molecular complexity index is 1350. The Labute approximate surface area is 220 Å². The van der Waals surface area contributed by atoms with Crippen LogP contribution in [-0.4, -0.2) is 17.3 Å². The molecule has 0 aliphatic carbocycles. The minimum Gasteiger partial charge on any atom is -0.493 e. The van der Waals surface area contributed by atoms with Crippen molar-refractivity contribution in [1.29, 1.82) is 5.26 Å². The monoisotopic (exact) mass is 570 g/mol. The number of hydrogen-bond acceptors (Lipinski definition) is 6. The van der Waals surface area contributed by atoms with Gasteiger partial charge in [-0.05, 0) is 75.6 Å². The van der Waals surface area contributed by atoms with Crippen LogP contribution in [0.5, 0.6) is 11.5 Å². The van der Waals surface area contributed by atoms with E-state index in [4.69, 9.17) is 38.6 Å². The molecule has 3 aromatic rings. The van der Waals surface area contributed by atoms with Crippen LogP contribution in [0.25, 0.3) is 6.08 Å². The van der Waals surface area contributed by atoms with Crippen LogP contribution in [0.3, 0.4) is 0 Å². The van der Waals surface area contributed by atoms with Crippen molar-refractivity contribution in [3.05, 3.63) is 91.8 Å². The number of nitriles is 1. The average molecular weight is 572 g/mol. The van der Waals surface area contributed by atoms with Crippen LogP contribution in [0.1, 0.15) is 16.7 Å². The Kier molecular flexibility index (Phi) is 7.59. The summed E-state index contributed by atoms with van der Waals surface area (Å²) in [5, 5.41) is 9.47. The van der Waals surface area contributed by atoms with Gasteiger partial charge in [-0.3, -0.25) is 9.69 Å². The summed E-state index contributed by atoms with van der Waals surface area (Å²) in [6.07, 6.45) is 1.77. The summed E-state index contributed by atoms with van der Waals surface area (Å²) in [7, 11) is 1.55. The van der Waals surface area contributed by atoms with Gasteiger partial charge in [-0.15, -0.1) is 0 Å². The lowest BCUT2D eigenvalue weighted by atomic mass is 10.1. The lowest BCUT2D eigenvalue weighted by Crippen LogP contribution is -2.27. The third-order valence-electron chi connectivity index (χ3n) is 4.88. The number of halogens is 2. The fraction of sp³-hybridized carbons (Fsp3) is 0.0800. The molecule has 1 aliphatic heterocycles. The third-order valence-corrected chi connectivity index (χ3v) is 7.00. The highest BCUT2D eigenvalue weighted by atomic mass is 79.9. The summed E-state index contributed by atoms with van der Waals surface area (Å²) in [4.78, 5) is 15.0. The van der Waals surface area contributed by atoms with Gasteiger partial charge in [0.15, 0.2) is 15.8 Å². The Hall–Kier alpha value is -2.83. The number of rotatable bonds is 6. The molecule has 9 heteroatoms. The van der Waals surface area contributed by atoms with Crippen molar-refractivity contribution in [2.75, 3.05) is 12.0 Å². The number of carbonyl (C=O) groups is 1. The fourth-order valence-corrected chi connectivity index (χ4v) is 5.31. The molecule has 34 heavy (non-hydrogen) atoms. The van der Waals surface area contributed by atoms with Gasteiger partial charge in [0.2, 0.25) is 0 Å². The predicted octanol–water partition coefficient (Wildman–Crippen LogP) is 6.97. The number of thioether (sulfide) groups is 1. The van der Waals surface area contributed by atoms with Gasteiger partial charge in [0, 0.05) is 5.02 Å². The Morgan fingerprint density at radius 1 is 1.21 bits per heavy atom. The molecule has 4 rings (SSSR count). The smallest absolute Gasteiger partial charge is 0.270 e. The van der Waals surface area contributed by atoms with E-state index in [0.29, 0.717) is 48.1 Å². The number of benzene rings is 3. The van der Waals surface area contributed by atoms with E-state index in [1.54, 1.807) is 55.7 Å². The van der Waals surface area contributed by atoms with E-state index in [9.17, 15) is 4.79 Å². The van der Waals surface area contributed by atoms with E-state index in [-0.39, 0.29) is 5.91 Å². The maximum atomic E-state index is 13.1. The first-order chi connectivity index (χ1) is 16.4. The molecule has 170 valence electrons. The highest BCUT2D eigenvalue weighted by Gasteiger charge is 2.33. The third kappa shape index (κ3) is 5.29. The fourth-order valence-electron chi connectivity index (χ4n) is 3.25. The van der Waals surface area contributed by atoms with Gasteiger partial charge in [0.25, 0.3) is 5.91 Å². The Balaban J connectivity index is 1.56. The predicted molar refractivity (Wildman–Crippen MR) is 143 cm³/mol. The molecule has 0 aromatic heterocycles. The van der Waals surface area contributed by atoms with Crippen LogP contribution in [-0.2, 0) is 11.4 Å². The van der Waals surface area contributed by atoms with E-state index in [0.717, 1.165) is 11.1 Å². The molecule has 1 heterocycles. The molecule has 0 radical (unpaired) electrons. The molecule has 0 N–H and O–H groups in total. The van der Waals surface area contributed by atoms with E-state index in [2.05, 4.69) is 22.0 Å². The highest BCUT2D eigenvalue weighted by Crippen LogP contribution is 2.40. The second-order valence-corrected chi connectivity index (χ2v) is 10.1. The Morgan fingerprint density at radius 3 is 2.65 bits per heavy atom. The molecular weight excluding hydrogens is 556 g/mol. The van der Waals surface area contributed by atoms with E-state index in [1.807, 2.05) is 18.2 Å². The topological polar surface area (TPSA) is 62.6 Å². The first kappa shape index (κ1) is 24.3. The molecule has 1 fully saturated rings. The molecule has 1 aliphatic rings. The zero-order valence-electron chi connectivity index (χ0n) is 17.7. The van der Waals surface area contributed by atoms with Crippen molar-refractivity contribution in [3.8, 4) is 17.6 Å². The summed E-state index contributed by atoms with van der Waals surface area (Å²) in [5.74, 6) is 0.837. The summed E-state index contributed by atoms with van der Waals surface area (Å²) in [5.41, 5.74) is 2.89. The average Bonchev–Trinajstić information content (AvgIpc) is 3.10. The van der Waals surface area contributed by atoms with Crippen LogP contribution in [0.2, 0.25) is 5.02 Å². The van der Waals surface area contributed by atoms with Gasteiger partial charge in [-0.2, -0.15) is 5.26 Å². The number of nitrogens with zero attached hydrogens (tertiary/aromatic N) is 2. The number of thiocarbonyl (C=S) groups is 1. The van der Waals surface area contributed by atoms with Crippen molar-refractivity contribution in [2.24, 2.45) is 0 Å². The summed E-state index contributed by atoms with van der Waals surface area (Å²) in [6, 6.07) is 19.9. The largest absolute Gasteiger partial charge is 0.493 e. The molecule has 0 unspecified atom stereocenters. The molecule has 5 nitrogen and oxygen atoms in total. The second kappa shape index (κ2) is 10.6. The molecule has 0 atom stereocenters. The lowest BCUT2D eigenvalue weighted by Gasteiger charge is -2.15. The summed E-state index contributed by atoms with van der Waals surface area (Å²) in [6.45, 7) is 0.304. The van der Waals surface area contributed by atoms with Crippen molar-refractivity contribution in [1.82, 2.24) is 0 Å². The summed E-state index contributed by atoms with van der Waals surface area (Å²) < 4.78 is 12.6. The van der Waals surface area contributed by atoms with Crippen LogP contribution in [0.15, 0.2) is 70.0 Å². The van der Waals surface area contributed by atoms with E-state index >= 15 is 0 Å². The van der Waals surface area contributed by atoms with Crippen LogP contribution >= 0.6 is 51.5 Å². The number of methoxy groups -OCH3 is 1. The highest BCUT2D eigenvalue weighted by molar-refractivity contribution is 9.10. The standard InChI is InChI=1S/C25H16BrClN2O3S2/c1-31-21-10-17(9-20(26)23(21)32-14-16-7-5-15(13-28)6-8-16)11-22-24(30)29(25(33)34-22)19-4-2-3-18(27)12-19/h2-12H,14H2,1H3/b22-11-. The van der Waals surface area contributed by atoms with Gasteiger partial charge >= 0.3 is 0 Å². The van der Waals surface area contributed by atoms with Crippen molar-refractivity contribution >= 4 is 73.5 Å². The second-order valence-electron chi connectivity index (χ2n) is 7.13. The first-order valence-corrected chi connectivity index (χ1v) is 12.3. The molecule has 1 saturated heterocycles. The van der Waals surface area contributed by atoms with Crippen LogP contribution < -0.4 is 14.4 Å². The molecule has 1 amide bonds. The number of ether oxygens (including phenoxy) is 2. The molecule has 0 saturated carbocycles. The van der Waals surface area contributed by atoms with Gasteiger partial charge in [0.05, 0.1) is 33.8 Å².